The lowest BCUT2D eigenvalue weighted by molar-refractivity contribution is -0.271. The zero-order valence-electron chi connectivity index (χ0n) is 15.8. The van der Waals surface area contributed by atoms with Crippen LogP contribution in [-0.2, 0) is 9.53 Å². The van der Waals surface area contributed by atoms with Crippen LogP contribution in [0.3, 0.4) is 0 Å². The summed E-state index contributed by atoms with van der Waals surface area (Å²) < 4.78 is 21.0. The molecule has 5 N–H and O–H groups in total. The molecule has 5 atom stereocenters. The number of benzene rings is 2. The maximum atomic E-state index is 12.5. The molecule has 0 aliphatic carbocycles. The smallest absolute Gasteiger partial charge is 0.344 e. The lowest BCUT2D eigenvalue weighted by atomic mass is 9.99. The van der Waals surface area contributed by atoms with Gasteiger partial charge in [-0.1, -0.05) is 0 Å². The SMILES string of the molecule is O=C(O)[C@H]1O[C@@H](Oc2cc3oc(=O)c4cc(O)cc5oc(=O)c(c2)c3c54)[C@H](O)[C@@H](O)[C@@H]1O. The van der Waals surface area contributed by atoms with E-state index in [1.165, 1.54) is 24.3 Å². The van der Waals surface area contributed by atoms with E-state index in [4.69, 9.17) is 23.4 Å². The van der Waals surface area contributed by atoms with E-state index in [0.717, 1.165) is 0 Å². The molecule has 12 nitrogen and oxygen atoms in total. The standard InChI is InChI=1S/C20H14O12/c21-5-1-7-11-9(2-5)30-19(28)8-3-6(4-10(12(8)11)31-18(7)27)29-20-15(24)13(22)14(23)16(32-20)17(25)26/h1-4,13-16,20-24H,(H,25,26)/t13-,14-,15+,16-,20+/m0/s1. The number of aliphatic carboxylic acids is 1. The van der Waals surface area contributed by atoms with Gasteiger partial charge in [0.1, 0.15) is 41.0 Å². The molecule has 0 radical (unpaired) electrons. The first-order chi connectivity index (χ1) is 15.2. The molecule has 0 unspecified atom stereocenters. The summed E-state index contributed by atoms with van der Waals surface area (Å²) in [4.78, 5) is 36.2. The molecule has 32 heavy (non-hydrogen) atoms. The average molecular weight is 446 g/mol. The number of carbonyl (C=O) groups is 1. The van der Waals surface area contributed by atoms with E-state index in [-0.39, 0.29) is 44.2 Å². The quantitative estimate of drug-likeness (QED) is 0.199. The van der Waals surface area contributed by atoms with Crippen LogP contribution < -0.4 is 16.0 Å². The number of hydrogen-bond acceptors (Lipinski definition) is 11. The zero-order valence-corrected chi connectivity index (χ0v) is 15.8. The second-order valence-electron chi connectivity index (χ2n) is 7.34. The van der Waals surface area contributed by atoms with Gasteiger partial charge in [0.15, 0.2) is 6.10 Å². The Hall–Kier alpha value is -3.71. The minimum absolute atomic E-state index is 0.0117. The largest absolute Gasteiger partial charge is 0.508 e. The van der Waals surface area contributed by atoms with E-state index in [9.17, 15) is 34.8 Å². The van der Waals surface area contributed by atoms with Crippen LogP contribution in [0.15, 0.2) is 42.7 Å². The van der Waals surface area contributed by atoms with Crippen molar-refractivity contribution in [1.29, 1.82) is 0 Å². The van der Waals surface area contributed by atoms with Gasteiger partial charge >= 0.3 is 17.2 Å². The number of carboxylic acids is 1. The third kappa shape index (κ3) is 2.89. The van der Waals surface area contributed by atoms with Gasteiger partial charge in [-0.3, -0.25) is 0 Å². The summed E-state index contributed by atoms with van der Waals surface area (Å²) >= 11 is 0. The van der Waals surface area contributed by atoms with Crippen LogP contribution >= 0.6 is 0 Å². The minimum Gasteiger partial charge on any atom is -0.508 e. The van der Waals surface area contributed by atoms with Crippen LogP contribution in [0, 0.1) is 0 Å². The fraction of sp³-hybridized carbons (Fsp3) is 0.250. The number of rotatable bonds is 3. The number of carboxylic acid groups (broad SMARTS) is 1. The molecule has 3 heterocycles. The number of aromatic hydroxyl groups is 1. The van der Waals surface area contributed by atoms with Crippen molar-refractivity contribution in [2.75, 3.05) is 0 Å². The van der Waals surface area contributed by atoms with Crippen molar-refractivity contribution in [1.82, 2.24) is 0 Å². The Morgan fingerprint density at radius 1 is 0.844 bits per heavy atom. The summed E-state index contributed by atoms with van der Waals surface area (Å²) in [5.41, 5.74) is -1.79. The lowest BCUT2D eigenvalue weighted by Crippen LogP contribution is -2.61. The number of hydrogen-bond donors (Lipinski definition) is 5. The van der Waals surface area contributed by atoms with Crippen molar-refractivity contribution in [2.24, 2.45) is 0 Å². The number of aliphatic hydroxyl groups is 3. The highest BCUT2D eigenvalue weighted by molar-refractivity contribution is 6.19. The van der Waals surface area contributed by atoms with E-state index in [2.05, 4.69) is 0 Å². The highest BCUT2D eigenvalue weighted by Crippen LogP contribution is 2.36. The predicted octanol–water partition coefficient (Wildman–Crippen LogP) is -0.533. The van der Waals surface area contributed by atoms with Crippen LogP contribution in [0.25, 0.3) is 32.7 Å². The molecule has 12 heteroatoms. The summed E-state index contributed by atoms with van der Waals surface area (Å²) in [6.45, 7) is 0. The maximum Gasteiger partial charge on any atom is 0.344 e. The van der Waals surface area contributed by atoms with Crippen molar-refractivity contribution in [3.05, 3.63) is 45.1 Å². The number of ether oxygens (including phenoxy) is 2. The number of phenols is 1. The summed E-state index contributed by atoms with van der Waals surface area (Å²) in [6.07, 6.45) is -9.26. The van der Waals surface area contributed by atoms with Crippen molar-refractivity contribution in [2.45, 2.75) is 30.7 Å². The van der Waals surface area contributed by atoms with E-state index >= 15 is 0 Å². The topological polar surface area (TPSA) is 197 Å². The van der Waals surface area contributed by atoms with Crippen LogP contribution in [-0.4, -0.2) is 62.2 Å². The molecule has 2 aromatic carbocycles. The van der Waals surface area contributed by atoms with Gasteiger partial charge in [0.05, 0.1) is 10.8 Å². The maximum absolute atomic E-state index is 12.5. The lowest BCUT2D eigenvalue weighted by Gasteiger charge is -2.38. The van der Waals surface area contributed by atoms with Crippen molar-refractivity contribution in [3.8, 4) is 11.5 Å². The van der Waals surface area contributed by atoms with Crippen LogP contribution in [0.2, 0.25) is 0 Å². The van der Waals surface area contributed by atoms with Crippen molar-refractivity contribution in [3.63, 3.8) is 0 Å². The average Bonchev–Trinajstić information content (AvgIpc) is 2.73. The van der Waals surface area contributed by atoms with Gasteiger partial charge in [0.2, 0.25) is 6.29 Å². The third-order valence-corrected chi connectivity index (χ3v) is 5.32. The van der Waals surface area contributed by atoms with Crippen LogP contribution in [0.5, 0.6) is 11.5 Å². The van der Waals surface area contributed by atoms with Gasteiger partial charge in [0.25, 0.3) is 0 Å². The molecule has 0 spiro atoms. The molecule has 0 amide bonds. The normalized spacial score (nSPS) is 26.2. The Morgan fingerprint density at radius 2 is 1.44 bits per heavy atom. The molecule has 4 aromatic rings. The first-order valence-electron chi connectivity index (χ1n) is 9.24. The molecule has 1 saturated heterocycles. The Labute approximate surface area is 175 Å². The van der Waals surface area contributed by atoms with Gasteiger partial charge in [-0.05, 0) is 12.1 Å². The van der Waals surface area contributed by atoms with Crippen molar-refractivity contribution < 1.29 is 48.6 Å². The molecular weight excluding hydrogens is 432 g/mol. The van der Waals surface area contributed by atoms with Crippen molar-refractivity contribution >= 4 is 38.7 Å². The molecular formula is C20H14O12. The molecule has 1 fully saturated rings. The molecule has 0 bridgehead atoms. The second-order valence-corrected chi connectivity index (χ2v) is 7.34. The van der Waals surface area contributed by atoms with Gasteiger partial charge in [0, 0.05) is 22.9 Å². The second kappa shape index (κ2) is 6.90. The monoisotopic (exact) mass is 446 g/mol. The Balaban J connectivity index is 1.66. The van der Waals surface area contributed by atoms with Gasteiger partial charge in [-0.2, -0.15) is 0 Å². The van der Waals surface area contributed by atoms with E-state index < -0.39 is 47.9 Å². The van der Waals surface area contributed by atoms with E-state index in [0.29, 0.717) is 0 Å². The van der Waals surface area contributed by atoms with E-state index in [1.807, 2.05) is 0 Å². The summed E-state index contributed by atoms with van der Waals surface area (Å²) in [6, 6.07) is 4.75. The number of phenolic OH excluding ortho intramolecular Hbond substituents is 1. The molecule has 2 aromatic heterocycles. The van der Waals surface area contributed by atoms with Gasteiger partial charge in [-0.15, -0.1) is 0 Å². The fourth-order valence-corrected chi connectivity index (χ4v) is 3.85. The Morgan fingerprint density at radius 3 is 2.06 bits per heavy atom. The zero-order chi connectivity index (χ0) is 22.9. The van der Waals surface area contributed by atoms with Crippen LogP contribution in [0.4, 0.5) is 0 Å². The summed E-state index contributed by atoms with van der Waals surface area (Å²) in [5, 5.41) is 49.2. The third-order valence-electron chi connectivity index (χ3n) is 5.32. The van der Waals surface area contributed by atoms with E-state index in [1.54, 1.807) is 0 Å². The first-order valence-corrected chi connectivity index (χ1v) is 9.24. The Bertz CT molecular complexity index is 1480. The highest BCUT2D eigenvalue weighted by atomic mass is 16.7. The number of aliphatic hydroxyl groups excluding tert-OH is 3. The van der Waals surface area contributed by atoms with Crippen LogP contribution in [0.1, 0.15) is 0 Å². The molecule has 5 rings (SSSR count). The first kappa shape index (κ1) is 20.2. The van der Waals surface area contributed by atoms with Gasteiger partial charge in [-0.25, -0.2) is 14.4 Å². The molecule has 1 aliphatic rings. The molecule has 0 saturated carbocycles. The van der Waals surface area contributed by atoms with Gasteiger partial charge < -0.3 is 43.8 Å². The Kier molecular flexibility index (Phi) is 4.36. The summed E-state index contributed by atoms with van der Waals surface area (Å²) in [7, 11) is 0. The molecule has 1 aliphatic heterocycles. The minimum atomic E-state index is -1.91. The summed E-state index contributed by atoms with van der Waals surface area (Å²) in [5.74, 6) is -2.07. The predicted molar refractivity (Wildman–Crippen MR) is 104 cm³/mol. The molecule has 166 valence electrons. The fourth-order valence-electron chi connectivity index (χ4n) is 3.85. The highest BCUT2D eigenvalue weighted by Gasteiger charge is 2.48.